The van der Waals surface area contributed by atoms with Crippen molar-refractivity contribution in [3.63, 3.8) is 0 Å². The normalized spacial score (nSPS) is 12.9. The van der Waals surface area contributed by atoms with E-state index in [1.165, 1.54) is 12.1 Å². The van der Waals surface area contributed by atoms with Gasteiger partial charge in [0.25, 0.3) is 0 Å². The molecule has 4 N–H and O–H groups in total. The summed E-state index contributed by atoms with van der Waals surface area (Å²) in [7, 11) is 0. The van der Waals surface area contributed by atoms with Gasteiger partial charge in [-0.3, -0.25) is 11.3 Å². The summed E-state index contributed by atoms with van der Waals surface area (Å²) < 4.78 is 13.0. The summed E-state index contributed by atoms with van der Waals surface area (Å²) >= 11 is 0. The molecule has 0 saturated carbocycles. The highest BCUT2D eigenvalue weighted by Gasteiger charge is 2.08. The fourth-order valence-electron chi connectivity index (χ4n) is 0.957. The molecule has 1 rings (SSSR count). The van der Waals surface area contributed by atoms with Crippen LogP contribution in [0.4, 0.5) is 4.39 Å². The van der Waals surface area contributed by atoms with Crippen molar-refractivity contribution < 1.29 is 9.50 Å². The van der Waals surface area contributed by atoms with Gasteiger partial charge in [0.1, 0.15) is 11.6 Å². The molecular formula is C8H11FN2O. The first kappa shape index (κ1) is 8.96. The minimum atomic E-state index is -0.458. The largest absolute Gasteiger partial charge is 0.508 e. The molecule has 1 atom stereocenters. The van der Waals surface area contributed by atoms with E-state index in [0.717, 1.165) is 6.07 Å². The Hall–Kier alpha value is -1.13. The van der Waals surface area contributed by atoms with Crippen LogP contribution < -0.4 is 11.3 Å². The highest BCUT2D eigenvalue weighted by atomic mass is 19.1. The Kier molecular flexibility index (Phi) is 2.62. The molecule has 0 aliphatic carbocycles. The lowest BCUT2D eigenvalue weighted by molar-refractivity contribution is 0.464. The van der Waals surface area contributed by atoms with E-state index >= 15 is 0 Å². The second-order valence-electron chi connectivity index (χ2n) is 2.59. The first-order chi connectivity index (χ1) is 5.65. The number of hydrogen-bond acceptors (Lipinski definition) is 3. The quantitative estimate of drug-likeness (QED) is 0.459. The highest BCUT2D eigenvalue weighted by Crippen LogP contribution is 2.19. The van der Waals surface area contributed by atoms with Gasteiger partial charge in [-0.05, 0) is 13.0 Å². The van der Waals surface area contributed by atoms with Crippen molar-refractivity contribution in [3.8, 4) is 5.75 Å². The molecule has 3 nitrogen and oxygen atoms in total. The van der Waals surface area contributed by atoms with E-state index in [0.29, 0.717) is 5.56 Å². The van der Waals surface area contributed by atoms with Crippen molar-refractivity contribution in [2.45, 2.75) is 13.0 Å². The van der Waals surface area contributed by atoms with Gasteiger partial charge in [-0.1, -0.05) is 6.07 Å². The minimum Gasteiger partial charge on any atom is -0.508 e. The predicted octanol–water partition coefficient (Wildman–Crippen LogP) is 1.06. The number of benzene rings is 1. The predicted molar refractivity (Wildman–Crippen MR) is 43.8 cm³/mol. The van der Waals surface area contributed by atoms with Gasteiger partial charge in [-0.25, -0.2) is 4.39 Å². The minimum absolute atomic E-state index is 0.0829. The fourth-order valence-corrected chi connectivity index (χ4v) is 0.957. The molecule has 1 aromatic carbocycles. The maximum Gasteiger partial charge on any atom is 0.131 e. The van der Waals surface area contributed by atoms with Gasteiger partial charge in [0.2, 0.25) is 0 Å². The zero-order valence-electron chi connectivity index (χ0n) is 6.71. The molecule has 12 heavy (non-hydrogen) atoms. The average Bonchev–Trinajstić information content (AvgIpc) is 2.03. The smallest absolute Gasteiger partial charge is 0.131 e. The average molecular weight is 170 g/mol. The topological polar surface area (TPSA) is 58.3 Å². The van der Waals surface area contributed by atoms with Crippen LogP contribution in [0, 0.1) is 5.82 Å². The number of halogens is 1. The Bertz CT molecular complexity index is 278. The number of rotatable bonds is 2. The van der Waals surface area contributed by atoms with Crippen LogP contribution >= 0.6 is 0 Å². The van der Waals surface area contributed by atoms with Gasteiger partial charge in [0.15, 0.2) is 0 Å². The Morgan fingerprint density at radius 1 is 1.58 bits per heavy atom. The number of hydrazine groups is 1. The third-order valence-electron chi connectivity index (χ3n) is 1.70. The summed E-state index contributed by atoms with van der Waals surface area (Å²) in [5, 5.41) is 8.90. The van der Waals surface area contributed by atoms with Gasteiger partial charge < -0.3 is 5.11 Å². The van der Waals surface area contributed by atoms with E-state index < -0.39 is 5.82 Å². The summed E-state index contributed by atoms with van der Waals surface area (Å²) in [4.78, 5) is 0. The lowest BCUT2D eigenvalue weighted by Gasteiger charge is -2.10. The molecule has 0 aromatic heterocycles. The number of aromatic hydroxyl groups is 1. The molecule has 0 heterocycles. The van der Waals surface area contributed by atoms with Crippen LogP contribution in [-0.4, -0.2) is 5.11 Å². The van der Waals surface area contributed by atoms with Crippen LogP contribution in [0.25, 0.3) is 0 Å². The van der Waals surface area contributed by atoms with E-state index in [1.807, 2.05) is 0 Å². The number of hydrogen-bond donors (Lipinski definition) is 3. The summed E-state index contributed by atoms with van der Waals surface area (Å²) in [6.45, 7) is 1.73. The summed E-state index contributed by atoms with van der Waals surface area (Å²) in [6, 6.07) is 3.72. The third kappa shape index (κ3) is 1.72. The van der Waals surface area contributed by atoms with Gasteiger partial charge >= 0.3 is 0 Å². The standard InChI is InChI=1S/C8H11FN2O/c1-5(11-10)7-3-2-6(12)4-8(7)9/h2-5,11-12H,10H2,1H3. The third-order valence-corrected chi connectivity index (χ3v) is 1.70. The molecule has 1 aromatic rings. The van der Waals surface area contributed by atoms with E-state index in [-0.39, 0.29) is 11.8 Å². The van der Waals surface area contributed by atoms with Gasteiger partial charge in [0, 0.05) is 17.7 Å². The van der Waals surface area contributed by atoms with E-state index in [4.69, 9.17) is 10.9 Å². The zero-order chi connectivity index (χ0) is 9.14. The molecule has 0 amide bonds. The van der Waals surface area contributed by atoms with Crippen molar-refractivity contribution in [2.24, 2.45) is 5.84 Å². The summed E-state index contributed by atoms with van der Waals surface area (Å²) in [5.74, 6) is 4.59. The monoisotopic (exact) mass is 170 g/mol. The molecule has 66 valence electrons. The van der Waals surface area contributed by atoms with Crippen LogP contribution in [0.5, 0.6) is 5.75 Å². The molecule has 1 unspecified atom stereocenters. The van der Waals surface area contributed by atoms with Gasteiger partial charge in [-0.15, -0.1) is 0 Å². The molecule has 0 spiro atoms. The molecular weight excluding hydrogens is 159 g/mol. The summed E-state index contributed by atoms with van der Waals surface area (Å²) in [6.07, 6.45) is 0. The van der Waals surface area contributed by atoms with Crippen molar-refractivity contribution in [1.29, 1.82) is 0 Å². The number of phenols is 1. The van der Waals surface area contributed by atoms with Crippen LogP contribution in [0.15, 0.2) is 18.2 Å². The molecule has 0 fully saturated rings. The molecule has 0 radical (unpaired) electrons. The van der Waals surface area contributed by atoms with Crippen LogP contribution in [0.3, 0.4) is 0 Å². The number of nitrogens with two attached hydrogens (primary N) is 1. The maximum atomic E-state index is 13.0. The first-order valence-electron chi connectivity index (χ1n) is 3.59. The molecule has 0 aliphatic heterocycles. The van der Waals surface area contributed by atoms with Crippen LogP contribution in [0.1, 0.15) is 18.5 Å². The molecule has 4 heteroatoms. The van der Waals surface area contributed by atoms with Crippen LogP contribution in [-0.2, 0) is 0 Å². The second kappa shape index (κ2) is 3.51. The Labute approximate surface area is 70.0 Å². The maximum absolute atomic E-state index is 13.0. The lowest BCUT2D eigenvalue weighted by Crippen LogP contribution is -2.26. The second-order valence-corrected chi connectivity index (χ2v) is 2.59. The van der Waals surface area contributed by atoms with E-state index in [1.54, 1.807) is 6.92 Å². The SMILES string of the molecule is CC(NN)c1ccc(O)cc1F. The van der Waals surface area contributed by atoms with Crippen molar-refractivity contribution in [2.75, 3.05) is 0 Å². The Morgan fingerprint density at radius 2 is 2.25 bits per heavy atom. The van der Waals surface area contributed by atoms with Gasteiger partial charge in [-0.2, -0.15) is 0 Å². The van der Waals surface area contributed by atoms with E-state index in [9.17, 15) is 4.39 Å². The Balaban J connectivity index is 3.01. The molecule has 0 bridgehead atoms. The Morgan fingerprint density at radius 3 is 2.75 bits per heavy atom. The van der Waals surface area contributed by atoms with Crippen molar-refractivity contribution >= 4 is 0 Å². The zero-order valence-corrected chi connectivity index (χ0v) is 6.71. The lowest BCUT2D eigenvalue weighted by atomic mass is 10.1. The van der Waals surface area contributed by atoms with E-state index in [2.05, 4.69) is 5.43 Å². The molecule has 0 saturated heterocycles. The number of phenolic OH excluding ortho intramolecular Hbond substituents is 1. The van der Waals surface area contributed by atoms with Gasteiger partial charge in [0.05, 0.1) is 0 Å². The fraction of sp³-hybridized carbons (Fsp3) is 0.250. The van der Waals surface area contributed by atoms with Crippen molar-refractivity contribution in [3.05, 3.63) is 29.6 Å². The number of nitrogens with one attached hydrogen (secondary N) is 1. The molecule has 0 aliphatic rings. The van der Waals surface area contributed by atoms with Crippen LogP contribution in [0.2, 0.25) is 0 Å². The summed E-state index contributed by atoms with van der Waals surface area (Å²) in [5.41, 5.74) is 2.86. The van der Waals surface area contributed by atoms with Crippen molar-refractivity contribution in [1.82, 2.24) is 5.43 Å². The first-order valence-corrected chi connectivity index (χ1v) is 3.59. The highest BCUT2D eigenvalue weighted by molar-refractivity contribution is 5.29.